The Morgan fingerprint density at radius 1 is 1.35 bits per heavy atom. The van der Waals surface area contributed by atoms with E-state index in [2.05, 4.69) is 20.8 Å². The maximum atomic E-state index is 6.00. The molecular weight excluding hydrogens is 259 g/mol. The zero-order chi connectivity index (χ0) is 12.1. The molecule has 1 aromatic rings. The monoisotopic (exact) mass is 270 g/mol. The fourth-order valence-corrected chi connectivity index (χ4v) is 1.89. The van der Waals surface area contributed by atoms with Crippen molar-refractivity contribution >= 4 is 35.4 Å². The Labute approximate surface area is 110 Å². The molecule has 0 unspecified atom stereocenters. The van der Waals surface area contributed by atoms with Gasteiger partial charge in [0.25, 0.3) is 0 Å². The van der Waals surface area contributed by atoms with Crippen LogP contribution in [-0.4, -0.2) is 25.3 Å². The van der Waals surface area contributed by atoms with Crippen LogP contribution in [0.25, 0.3) is 0 Å². The standard InChI is InChI=1S/C11H12Cl2N4/c12-9-3-1-4-10(13)8(9)7-16-17-11-14-5-2-6-15-11/h1,3-4,7H,2,5-6H2,(H2,14,15,17)/b16-7+. The van der Waals surface area contributed by atoms with E-state index >= 15 is 0 Å². The zero-order valence-electron chi connectivity index (χ0n) is 9.08. The first-order valence-electron chi connectivity index (χ1n) is 5.29. The molecule has 2 N–H and O–H groups in total. The summed E-state index contributed by atoms with van der Waals surface area (Å²) < 4.78 is 0. The second kappa shape index (κ2) is 5.89. The van der Waals surface area contributed by atoms with E-state index in [9.17, 15) is 0 Å². The number of nitrogens with zero attached hydrogens (tertiary/aromatic N) is 2. The van der Waals surface area contributed by atoms with E-state index in [1.165, 1.54) is 0 Å². The minimum Gasteiger partial charge on any atom is -0.355 e. The summed E-state index contributed by atoms with van der Waals surface area (Å²) in [6, 6.07) is 5.33. The van der Waals surface area contributed by atoms with Crippen molar-refractivity contribution in [1.82, 2.24) is 10.7 Å². The lowest BCUT2D eigenvalue weighted by Crippen LogP contribution is -2.38. The van der Waals surface area contributed by atoms with Gasteiger partial charge in [-0.3, -0.25) is 4.99 Å². The Morgan fingerprint density at radius 3 is 2.76 bits per heavy atom. The van der Waals surface area contributed by atoms with Gasteiger partial charge in [-0.2, -0.15) is 5.10 Å². The number of nitrogens with one attached hydrogen (secondary N) is 2. The lowest BCUT2D eigenvalue weighted by Gasteiger charge is -2.12. The lowest BCUT2D eigenvalue weighted by atomic mass is 10.2. The number of hydrogen-bond acceptors (Lipinski definition) is 4. The number of benzene rings is 1. The zero-order valence-corrected chi connectivity index (χ0v) is 10.6. The summed E-state index contributed by atoms with van der Waals surface area (Å²) in [6.07, 6.45) is 2.63. The molecule has 2 rings (SSSR count). The van der Waals surface area contributed by atoms with E-state index in [4.69, 9.17) is 23.2 Å². The van der Waals surface area contributed by atoms with Crippen LogP contribution in [0.2, 0.25) is 10.0 Å². The topological polar surface area (TPSA) is 48.8 Å². The molecule has 90 valence electrons. The van der Waals surface area contributed by atoms with Crippen LogP contribution in [0.3, 0.4) is 0 Å². The highest BCUT2D eigenvalue weighted by molar-refractivity contribution is 6.38. The SMILES string of the molecule is Clc1cccc(Cl)c1/C=N/NC1=NCCCN1. The van der Waals surface area contributed by atoms with Crippen molar-refractivity contribution in [3.63, 3.8) is 0 Å². The Morgan fingerprint density at radius 2 is 2.12 bits per heavy atom. The summed E-state index contributed by atoms with van der Waals surface area (Å²) >= 11 is 12.0. The van der Waals surface area contributed by atoms with Gasteiger partial charge in [-0.05, 0) is 18.6 Å². The van der Waals surface area contributed by atoms with E-state index in [1.807, 2.05) is 0 Å². The summed E-state index contributed by atoms with van der Waals surface area (Å²) in [6.45, 7) is 1.73. The van der Waals surface area contributed by atoms with E-state index in [0.717, 1.165) is 19.5 Å². The Kier molecular flexibility index (Phi) is 4.23. The van der Waals surface area contributed by atoms with E-state index < -0.39 is 0 Å². The highest BCUT2D eigenvalue weighted by Gasteiger charge is 2.03. The summed E-state index contributed by atoms with van der Waals surface area (Å²) in [5.41, 5.74) is 3.51. The van der Waals surface area contributed by atoms with Gasteiger partial charge in [0, 0.05) is 18.7 Å². The molecule has 4 nitrogen and oxygen atoms in total. The van der Waals surface area contributed by atoms with Gasteiger partial charge in [-0.1, -0.05) is 29.3 Å². The smallest absolute Gasteiger partial charge is 0.212 e. The number of hydrogen-bond donors (Lipinski definition) is 2. The molecule has 0 bridgehead atoms. The Balaban J connectivity index is 2.03. The predicted molar refractivity (Wildman–Crippen MR) is 72.1 cm³/mol. The van der Waals surface area contributed by atoms with Gasteiger partial charge in [0.05, 0.1) is 16.3 Å². The molecule has 0 radical (unpaired) electrons. The van der Waals surface area contributed by atoms with Gasteiger partial charge in [-0.15, -0.1) is 0 Å². The molecule has 0 saturated heterocycles. The van der Waals surface area contributed by atoms with Gasteiger partial charge in [0.2, 0.25) is 5.96 Å². The van der Waals surface area contributed by atoms with Crippen LogP contribution < -0.4 is 10.7 Å². The van der Waals surface area contributed by atoms with Crippen molar-refractivity contribution in [2.75, 3.05) is 13.1 Å². The quantitative estimate of drug-likeness (QED) is 0.640. The van der Waals surface area contributed by atoms with Crippen molar-refractivity contribution < 1.29 is 0 Å². The molecule has 1 aliphatic rings. The van der Waals surface area contributed by atoms with Crippen molar-refractivity contribution in [1.29, 1.82) is 0 Å². The maximum absolute atomic E-state index is 6.00. The second-order valence-corrected chi connectivity index (χ2v) is 4.33. The third-order valence-electron chi connectivity index (χ3n) is 2.26. The molecule has 17 heavy (non-hydrogen) atoms. The normalized spacial score (nSPS) is 15.5. The number of guanidine groups is 1. The predicted octanol–water partition coefficient (Wildman–Crippen LogP) is 2.27. The molecule has 0 amide bonds. The molecule has 6 heteroatoms. The van der Waals surface area contributed by atoms with Crippen LogP contribution in [0, 0.1) is 0 Å². The van der Waals surface area contributed by atoms with Crippen LogP contribution >= 0.6 is 23.2 Å². The van der Waals surface area contributed by atoms with Crippen LogP contribution in [0.15, 0.2) is 28.3 Å². The largest absolute Gasteiger partial charge is 0.355 e. The summed E-state index contributed by atoms with van der Waals surface area (Å²) in [4.78, 5) is 4.22. The molecule has 0 saturated carbocycles. The first-order valence-corrected chi connectivity index (χ1v) is 6.04. The van der Waals surface area contributed by atoms with E-state index in [1.54, 1.807) is 24.4 Å². The molecule has 0 fully saturated rings. The third-order valence-corrected chi connectivity index (χ3v) is 2.92. The Bertz CT molecular complexity index is 437. The van der Waals surface area contributed by atoms with Gasteiger partial charge in [-0.25, -0.2) is 5.43 Å². The number of hydrazone groups is 1. The molecule has 1 aliphatic heterocycles. The highest BCUT2D eigenvalue weighted by Crippen LogP contribution is 2.21. The third kappa shape index (κ3) is 3.35. The first kappa shape index (κ1) is 12.2. The van der Waals surface area contributed by atoms with Crippen molar-refractivity contribution in [3.8, 4) is 0 Å². The fourth-order valence-electron chi connectivity index (χ4n) is 1.40. The van der Waals surface area contributed by atoms with Gasteiger partial charge in [0.15, 0.2) is 0 Å². The fraction of sp³-hybridized carbons (Fsp3) is 0.273. The average molecular weight is 271 g/mol. The number of rotatable bonds is 2. The first-order chi connectivity index (χ1) is 8.27. The molecule has 1 heterocycles. The van der Waals surface area contributed by atoms with E-state index in [-0.39, 0.29) is 0 Å². The Hall–Kier alpha value is -1.26. The lowest BCUT2D eigenvalue weighted by molar-refractivity contribution is 0.712. The number of halogens is 2. The van der Waals surface area contributed by atoms with Gasteiger partial charge in [0.1, 0.15) is 0 Å². The second-order valence-electron chi connectivity index (χ2n) is 3.52. The van der Waals surface area contributed by atoms with Crippen LogP contribution in [-0.2, 0) is 0 Å². The van der Waals surface area contributed by atoms with Crippen molar-refractivity contribution in [2.45, 2.75) is 6.42 Å². The molecule has 1 aromatic carbocycles. The highest BCUT2D eigenvalue weighted by atomic mass is 35.5. The maximum Gasteiger partial charge on any atom is 0.212 e. The van der Waals surface area contributed by atoms with Crippen LogP contribution in [0.5, 0.6) is 0 Å². The minimum absolute atomic E-state index is 0.571. The van der Waals surface area contributed by atoms with Crippen molar-refractivity contribution in [2.24, 2.45) is 10.1 Å². The van der Waals surface area contributed by atoms with Crippen LogP contribution in [0.1, 0.15) is 12.0 Å². The number of aliphatic imine (C=N–C) groups is 1. The van der Waals surface area contributed by atoms with Gasteiger partial charge >= 0.3 is 0 Å². The van der Waals surface area contributed by atoms with Crippen molar-refractivity contribution in [3.05, 3.63) is 33.8 Å². The minimum atomic E-state index is 0.571. The summed E-state index contributed by atoms with van der Waals surface area (Å²) in [5.74, 6) is 0.677. The molecule has 0 aliphatic carbocycles. The molecule has 0 atom stereocenters. The molecule has 0 aromatic heterocycles. The van der Waals surface area contributed by atoms with E-state index in [0.29, 0.717) is 21.6 Å². The average Bonchev–Trinajstić information content (AvgIpc) is 2.34. The van der Waals surface area contributed by atoms with Crippen LogP contribution in [0.4, 0.5) is 0 Å². The van der Waals surface area contributed by atoms with Gasteiger partial charge < -0.3 is 5.32 Å². The molecule has 0 spiro atoms. The summed E-state index contributed by atoms with van der Waals surface area (Å²) in [5, 5.41) is 8.29. The summed E-state index contributed by atoms with van der Waals surface area (Å²) in [7, 11) is 0. The molecular formula is C11H12Cl2N4.